The van der Waals surface area contributed by atoms with Gasteiger partial charge in [-0.2, -0.15) is 0 Å². The fourth-order valence-electron chi connectivity index (χ4n) is 1.95. The normalized spacial score (nSPS) is 11.7. The number of ether oxygens (including phenoxy) is 1. The maximum atomic E-state index is 11.9. The van der Waals surface area contributed by atoms with Gasteiger partial charge in [-0.3, -0.25) is 4.79 Å². The number of methoxy groups -OCH3 is 1. The molecule has 2 aromatic rings. The highest BCUT2D eigenvalue weighted by Gasteiger charge is 2.20. The van der Waals surface area contributed by atoms with Gasteiger partial charge in [-0.15, -0.1) is 0 Å². The van der Waals surface area contributed by atoms with Gasteiger partial charge in [0.05, 0.1) is 13.0 Å². The van der Waals surface area contributed by atoms with Crippen molar-refractivity contribution in [1.29, 1.82) is 0 Å². The minimum atomic E-state index is -0.336. The number of carbonyl (C=O) groups is 1. The van der Waals surface area contributed by atoms with Gasteiger partial charge in [-0.1, -0.05) is 41.9 Å². The molecule has 0 radical (unpaired) electrons. The molecule has 0 aliphatic rings. The zero-order chi connectivity index (χ0) is 14.4. The van der Waals surface area contributed by atoms with Gasteiger partial charge < -0.3 is 10.1 Å². The highest BCUT2D eigenvalue weighted by molar-refractivity contribution is 6.30. The zero-order valence-corrected chi connectivity index (χ0v) is 11.9. The van der Waals surface area contributed by atoms with E-state index in [-0.39, 0.29) is 11.9 Å². The first-order valence-corrected chi connectivity index (χ1v) is 6.70. The van der Waals surface area contributed by atoms with Gasteiger partial charge in [0.15, 0.2) is 0 Å². The quantitative estimate of drug-likeness (QED) is 0.853. The number of benzene rings is 2. The number of halogens is 1. The Morgan fingerprint density at radius 3 is 2.40 bits per heavy atom. The maximum Gasteiger partial charge on any atom is 0.314 e. The molecule has 2 rings (SSSR count). The third-order valence-corrected chi connectivity index (χ3v) is 3.29. The lowest BCUT2D eigenvalue weighted by Crippen LogP contribution is -2.22. The van der Waals surface area contributed by atoms with Crippen LogP contribution in [0.15, 0.2) is 54.6 Å². The van der Waals surface area contributed by atoms with Crippen LogP contribution in [0.2, 0.25) is 5.02 Å². The molecule has 0 bridgehead atoms. The van der Waals surface area contributed by atoms with E-state index in [2.05, 4.69) is 5.32 Å². The third-order valence-electron chi connectivity index (χ3n) is 3.04. The smallest absolute Gasteiger partial charge is 0.314 e. The molecule has 2 aromatic carbocycles. The van der Waals surface area contributed by atoms with Crippen molar-refractivity contribution in [3.05, 3.63) is 65.2 Å². The zero-order valence-electron chi connectivity index (χ0n) is 11.2. The van der Waals surface area contributed by atoms with Gasteiger partial charge in [0.25, 0.3) is 0 Å². The van der Waals surface area contributed by atoms with E-state index < -0.39 is 0 Å². The summed E-state index contributed by atoms with van der Waals surface area (Å²) in [6.07, 6.45) is 0. The number of hydrogen-bond donors (Lipinski definition) is 1. The Morgan fingerprint density at radius 2 is 1.80 bits per heavy atom. The average molecular weight is 290 g/mol. The van der Waals surface area contributed by atoms with Crippen molar-refractivity contribution in [2.24, 2.45) is 0 Å². The molecule has 0 aliphatic heterocycles. The molecule has 0 aliphatic carbocycles. The van der Waals surface area contributed by atoms with Crippen molar-refractivity contribution in [2.45, 2.75) is 5.92 Å². The fraction of sp³-hybridized carbons (Fsp3) is 0.188. The van der Waals surface area contributed by atoms with E-state index >= 15 is 0 Å². The van der Waals surface area contributed by atoms with E-state index in [1.54, 1.807) is 12.1 Å². The monoisotopic (exact) mass is 289 g/mol. The van der Waals surface area contributed by atoms with Crippen LogP contribution in [0, 0.1) is 0 Å². The number of nitrogens with one attached hydrogen (secondary N) is 1. The van der Waals surface area contributed by atoms with Crippen LogP contribution < -0.4 is 5.32 Å². The minimum absolute atomic E-state index is 0.252. The molecule has 0 spiro atoms. The van der Waals surface area contributed by atoms with Gasteiger partial charge in [-0.25, -0.2) is 0 Å². The number of esters is 1. The van der Waals surface area contributed by atoms with Crippen LogP contribution in [0.3, 0.4) is 0 Å². The van der Waals surface area contributed by atoms with Crippen LogP contribution in [0.5, 0.6) is 0 Å². The summed E-state index contributed by atoms with van der Waals surface area (Å²) in [7, 11) is 1.40. The summed E-state index contributed by atoms with van der Waals surface area (Å²) in [5, 5.41) is 3.91. The summed E-state index contributed by atoms with van der Waals surface area (Å²) in [6, 6.07) is 16.9. The first-order valence-electron chi connectivity index (χ1n) is 6.33. The second kappa shape index (κ2) is 6.96. The molecule has 104 valence electrons. The van der Waals surface area contributed by atoms with Gasteiger partial charge >= 0.3 is 5.97 Å². The van der Waals surface area contributed by atoms with Crippen LogP contribution >= 0.6 is 11.6 Å². The summed E-state index contributed by atoms with van der Waals surface area (Å²) >= 11 is 5.84. The molecular formula is C16H16ClNO2. The van der Waals surface area contributed by atoms with Crippen molar-refractivity contribution >= 4 is 23.3 Å². The van der Waals surface area contributed by atoms with Crippen LogP contribution in [-0.4, -0.2) is 19.6 Å². The fourth-order valence-corrected chi connectivity index (χ4v) is 2.08. The molecule has 3 nitrogen and oxygen atoms in total. The number of hydrogen-bond acceptors (Lipinski definition) is 3. The summed E-state index contributed by atoms with van der Waals surface area (Å²) in [6.45, 7) is 0.471. The van der Waals surface area contributed by atoms with Crippen LogP contribution in [0.25, 0.3) is 0 Å². The first kappa shape index (κ1) is 14.4. The molecule has 4 heteroatoms. The van der Waals surface area contributed by atoms with Crippen LogP contribution in [0.4, 0.5) is 5.69 Å². The van der Waals surface area contributed by atoms with Gasteiger partial charge in [0, 0.05) is 17.3 Å². The maximum absolute atomic E-state index is 11.9. The number of carbonyl (C=O) groups excluding carboxylic acids is 1. The van der Waals surface area contributed by atoms with E-state index in [0.717, 1.165) is 11.3 Å². The van der Waals surface area contributed by atoms with E-state index in [1.807, 2.05) is 42.5 Å². The third kappa shape index (κ3) is 3.75. The number of anilines is 1. The highest BCUT2D eigenvalue weighted by atomic mass is 35.5. The van der Waals surface area contributed by atoms with Crippen molar-refractivity contribution in [3.8, 4) is 0 Å². The Morgan fingerprint density at radius 1 is 1.15 bits per heavy atom. The lowest BCUT2D eigenvalue weighted by molar-refractivity contribution is -0.142. The summed E-state index contributed by atoms with van der Waals surface area (Å²) < 4.78 is 4.87. The Labute approximate surface area is 123 Å². The lowest BCUT2D eigenvalue weighted by Gasteiger charge is -2.16. The van der Waals surface area contributed by atoms with Crippen molar-refractivity contribution in [3.63, 3.8) is 0 Å². The molecular weight excluding hydrogens is 274 g/mol. The summed E-state index contributed by atoms with van der Waals surface area (Å²) in [4.78, 5) is 11.9. The largest absolute Gasteiger partial charge is 0.468 e. The van der Waals surface area contributed by atoms with Crippen LogP contribution in [-0.2, 0) is 9.53 Å². The van der Waals surface area contributed by atoms with Crippen molar-refractivity contribution < 1.29 is 9.53 Å². The van der Waals surface area contributed by atoms with E-state index in [9.17, 15) is 4.79 Å². The van der Waals surface area contributed by atoms with E-state index in [1.165, 1.54) is 7.11 Å². The van der Waals surface area contributed by atoms with Crippen LogP contribution in [0.1, 0.15) is 11.5 Å². The van der Waals surface area contributed by atoms with Crippen molar-refractivity contribution in [2.75, 3.05) is 19.0 Å². The first-order chi connectivity index (χ1) is 9.70. The molecule has 1 N–H and O–H groups in total. The molecule has 0 amide bonds. The predicted molar refractivity (Wildman–Crippen MR) is 81.1 cm³/mol. The minimum Gasteiger partial charge on any atom is -0.468 e. The lowest BCUT2D eigenvalue weighted by atomic mass is 9.99. The molecule has 0 saturated carbocycles. The molecule has 0 fully saturated rings. The average Bonchev–Trinajstić information content (AvgIpc) is 2.50. The van der Waals surface area contributed by atoms with E-state index in [4.69, 9.17) is 16.3 Å². The second-order valence-corrected chi connectivity index (χ2v) is 4.81. The van der Waals surface area contributed by atoms with Crippen molar-refractivity contribution in [1.82, 2.24) is 0 Å². The standard InChI is InChI=1S/C16H16ClNO2/c1-20-16(19)15(12-5-3-2-4-6-12)11-18-14-9-7-13(17)8-10-14/h2-10,15,18H,11H2,1H3. The molecule has 0 heterocycles. The van der Waals surface area contributed by atoms with Gasteiger partial charge in [0.2, 0.25) is 0 Å². The topological polar surface area (TPSA) is 38.3 Å². The summed E-state index contributed by atoms with van der Waals surface area (Å²) in [5.74, 6) is -0.588. The second-order valence-electron chi connectivity index (χ2n) is 4.37. The number of rotatable bonds is 5. The Hall–Kier alpha value is -2.00. The summed E-state index contributed by atoms with van der Waals surface area (Å²) in [5.41, 5.74) is 1.85. The van der Waals surface area contributed by atoms with Gasteiger partial charge in [-0.05, 0) is 29.8 Å². The van der Waals surface area contributed by atoms with E-state index in [0.29, 0.717) is 11.6 Å². The molecule has 1 unspecified atom stereocenters. The highest BCUT2D eigenvalue weighted by Crippen LogP contribution is 2.19. The SMILES string of the molecule is COC(=O)C(CNc1ccc(Cl)cc1)c1ccccc1. The molecule has 20 heavy (non-hydrogen) atoms. The van der Waals surface area contributed by atoms with Gasteiger partial charge in [0.1, 0.15) is 0 Å². The Kier molecular flexibility index (Phi) is 5.02. The Bertz CT molecular complexity index is 554. The molecule has 0 aromatic heterocycles. The molecule has 1 atom stereocenters. The predicted octanol–water partition coefficient (Wildman–Crippen LogP) is 3.71. The molecule has 0 saturated heterocycles. The Balaban J connectivity index is 2.09.